The van der Waals surface area contributed by atoms with E-state index in [1.165, 1.54) is 51.9 Å². The Labute approximate surface area is 135 Å². The van der Waals surface area contributed by atoms with Crippen LogP contribution >= 0.6 is 0 Å². The average molecular weight is 336 g/mol. The van der Waals surface area contributed by atoms with Crippen LogP contribution in [-0.4, -0.2) is 30.8 Å². The number of rotatable bonds is 14. The largest absolute Gasteiger partial charge is 0.461 e. The predicted octanol–water partition coefficient (Wildman–Crippen LogP) is 4.12. The molecule has 22 heavy (non-hydrogen) atoms. The maximum Gasteiger partial charge on any atom is 0.302 e. The minimum atomic E-state index is -4.11. The van der Waals surface area contributed by atoms with Crippen LogP contribution in [0.25, 0.3) is 0 Å². The maximum atomic E-state index is 10.9. The number of unbranched alkanes of at least 4 members (excludes halogenated alkanes) is 9. The average Bonchev–Trinajstić information content (AvgIpc) is 2.38. The summed E-state index contributed by atoms with van der Waals surface area (Å²) in [6.07, 6.45) is 11.7. The lowest BCUT2D eigenvalue weighted by Gasteiger charge is -2.15. The molecule has 0 aromatic heterocycles. The second kappa shape index (κ2) is 12.9. The van der Waals surface area contributed by atoms with E-state index in [-0.39, 0.29) is 0 Å². The highest BCUT2D eigenvalue weighted by atomic mass is 32.2. The van der Waals surface area contributed by atoms with Gasteiger partial charge in [-0.1, -0.05) is 64.7 Å². The van der Waals surface area contributed by atoms with Gasteiger partial charge in [0.15, 0.2) is 0 Å². The van der Waals surface area contributed by atoms with Gasteiger partial charge in [0, 0.05) is 6.92 Å². The smallest absolute Gasteiger partial charge is 0.302 e. The van der Waals surface area contributed by atoms with Gasteiger partial charge in [0.05, 0.1) is 0 Å². The van der Waals surface area contributed by atoms with Crippen molar-refractivity contribution < 1.29 is 22.5 Å². The third-order valence-electron chi connectivity index (χ3n) is 3.61. The molecule has 0 fully saturated rings. The highest BCUT2D eigenvalue weighted by molar-refractivity contribution is 7.85. The highest BCUT2D eigenvalue weighted by Gasteiger charge is 2.19. The number of esters is 1. The van der Waals surface area contributed by atoms with Gasteiger partial charge in [-0.05, 0) is 12.8 Å². The summed E-state index contributed by atoms with van der Waals surface area (Å²) in [4.78, 5) is 10.9. The summed E-state index contributed by atoms with van der Waals surface area (Å²) in [6, 6.07) is 0. The predicted molar refractivity (Wildman–Crippen MR) is 88.4 cm³/mol. The Morgan fingerprint density at radius 3 is 1.82 bits per heavy atom. The summed E-state index contributed by atoms with van der Waals surface area (Å²) in [5, 5.41) is 0. The lowest BCUT2D eigenvalue weighted by Crippen LogP contribution is -2.25. The number of hydrogen-bond acceptors (Lipinski definition) is 4. The van der Waals surface area contributed by atoms with Gasteiger partial charge in [-0.25, -0.2) is 0 Å². The molecule has 1 N–H and O–H groups in total. The van der Waals surface area contributed by atoms with Crippen molar-refractivity contribution in [1.82, 2.24) is 0 Å². The van der Waals surface area contributed by atoms with Crippen molar-refractivity contribution in [3.8, 4) is 0 Å². The second-order valence-corrected chi connectivity index (χ2v) is 7.45. The molecule has 0 saturated carbocycles. The summed E-state index contributed by atoms with van der Waals surface area (Å²) >= 11 is 0. The van der Waals surface area contributed by atoms with Crippen molar-refractivity contribution in [2.75, 3.05) is 5.75 Å². The zero-order chi connectivity index (χ0) is 16.8. The first-order chi connectivity index (χ1) is 10.3. The lowest BCUT2D eigenvalue weighted by atomic mass is 10.0. The van der Waals surface area contributed by atoms with E-state index in [2.05, 4.69) is 6.92 Å². The van der Waals surface area contributed by atoms with Gasteiger partial charge in [-0.15, -0.1) is 0 Å². The Bertz CT molecular complexity index is 378. The molecule has 0 aromatic rings. The Morgan fingerprint density at radius 2 is 1.41 bits per heavy atom. The van der Waals surface area contributed by atoms with E-state index in [9.17, 15) is 13.2 Å². The van der Waals surface area contributed by atoms with Gasteiger partial charge in [0.1, 0.15) is 11.9 Å². The molecule has 6 heteroatoms. The normalized spacial score (nSPS) is 13.0. The van der Waals surface area contributed by atoms with E-state index in [4.69, 9.17) is 9.29 Å². The van der Waals surface area contributed by atoms with Crippen LogP contribution in [0, 0.1) is 0 Å². The molecule has 0 saturated heterocycles. The van der Waals surface area contributed by atoms with Crippen molar-refractivity contribution in [1.29, 1.82) is 0 Å². The van der Waals surface area contributed by atoms with Crippen LogP contribution in [0.5, 0.6) is 0 Å². The monoisotopic (exact) mass is 336 g/mol. The summed E-state index contributed by atoms with van der Waals surface area (Å²) < 4.78 is 35.5. The number of hydrogen-bond donors (Lipinski definition) is 1. The molecule has 0 aliphatic carbocycles. The first-order valence-electron chi connectivity index (χ1n) is 8.47. The Balaban J connectivity index is 3.65. The molecule has 0 heterocycles. The molecule has 0 radical (unpaired) electrons. The van der Waals surface area contributed by atoms with Gasteiger partial charge in [-0.2, -0.15) is 8.42 Å². The van der Waals surface area contributed by atoms with Gasteiger partial charge < -0.3 is 4.74 Å². The Kier molecular flexibility index (Phi) is 12.5. The fourth-order valence-corrected chi connectivity index (χ4v) is 3.21. The van der Waals surface area contributed by atoms with Crippen molar-refractivity contribution in [3.05, 3.63) is 0 Å². The van der Waals surface area contributed by atoms with Crippen LogP contribution in [0.15, 0.2) is 0 Å². The minimum Gasteiger partial charge on any atom is -0.461 e. The minimum absolute atomic E-state index is 0.482. The fraction of sp³-hybridized carbons (Fsp3) is 0.938. The fourth-order valence-electron chi connectivity index (χ4n) is 2.51. The summed E-state index contributed by atoms with van der Waals surface area (Å²) in [7, 11) is -4.11. The topological polar surface area (TPSA) is 80.7 Å². The second-order valence-electron chi connectivity index (χ2n) is 5.95. The number of carbonyl (C=O) groups is 1. The molecular weight excluding hydrogens is 304 g/mol. The SMILES string of the molecule is CCCCCCCCCCCCC(CS(=O)(=O)O)OC(C)=O. The van der Waals surface area contributed by atoms with Crippen LogP contribution in [0.4, 0.5) is 0 Å². The van der Waals surface area contributed by atoms with Gasteiger partial charge in [0.25, 0.3) is 10.1 Å². The molecule has 0 bridgehead atoms. The lowest BCUT2D eigenvalue weighted by molar-refractivity contribution is -0.145. The van der Waals surface area contributed by atoms with Crippen LogP contribution in [-0.2, 0) is 19.6 Å². The van der Waals surface area contributed by atoms with Crippen molar-refractivity contribution in [2.45, 2.75) is 90.6 Å². The molecule has 1 unspecified atom stereocenters. The summed E-state index contributed by atoms with van der Waals surface area (Å²) in [5.41, 5.74) is 0. The van der Waals surface area contributed by atoms with Gasteiger partial charge in [0.2, 0.25) is 0 Å². The van der Waals surface area contributed by atoms with Crippen molar-refractivity contribution >= 4 is 16.1 Å². The third-order valence-corrected chi connectivity index (χ3v) is 4.40. The van der Waals surface area contributed by atoms with Gasteiger partial charge in [-0.3, -0.25) is 9.35 Å². The third kappa shape index (κ3) is 15.8. The van der Waals surface area contributed by atoms with Crippen LogP contribution < -0.4 is 0 Å². The summed E-state index contributed by atoms with van der Waals surface area (Å²) in [5.74, 6) is -1.02. The highest BCUT2D eigenvalue weighted by Crippen LogP contribution is 2.13. The number of ether oxygens (including phenoxy) is 1. The molecule has 0 aliphatic rings. The van der Waals surface area contributed by atoms with E-state index in [1.54, 1.807) is 0 Å². The molecule has 132 valence electrons. The van der Waals surface area contributed by atoms with Gasteiger partial charge >= 0.3 is 5.97 Å². The van der Waals surface area contributed by atoms with Crippen molar-refractivity contribution in [2.24, 2.45) is 0 Å². The van der Waals surface area contributed by atoms with Crippen LogP contribution in [0.3, 0.4) is 0 Å². The molecule has 5 nitrogen and oxygen atoms in total. The molecule has 0 aromatic carbocycles. The van der Waals surface area contributed by atoms with Crippen molar-refractivity contribution in [3.63, 3.8) is 0 Å². The first-order valence-corrected chi connectivity index (χ1v) is 10.1. The zero-order valence-electron chi connectivity index (χ0n) is 14.1. The molecule has 0 spiro atoms. The zero-order valence-corrected chi connectivity index (χ0v) is 14.9. The molecule has 1 atom stereocenters. The van der Waals surface area contributed by atoms with E-state index < -0.39 is 27.9 Å². The Morgan fingerprint density at radius 1 is 0.955 bits per heavy atom. The molecule has 0 amide bonds. The molecule has 0 rings (SSSR count). The maximum absolute atomic E-state index is 10.9. The van der Waals surface area contributed by atoms with Crippen LogP contribution in [0.1, 0.15) is 84.5 Å². The first kappa shape index (κ1) is 21.4. The Hall–Kier alpha value is -0.620. The molecule has 0 aliphatic heterocycles. The van der Waals surface area contributed by atoms with Crippen LogP contribution in [0.2, 0.25) is 0 Å². The summed E-state index contributed by atoms with van der Waals surface area (Å²) in [6.45, 7) is 3.46. The standard InChI is InChI=1S/C16H32O5S/c1-3-4-5-6-7-8-9-10-11-12-13-16(21-15(2)17)14-22(18,19)20/h16H,3-14H2,1-2H3,(H,18,19,20). The molecular formula is C16H32O5S. The van der Waals surface area contributed by atoms with E-state index in [1.807, 2.05) is 0 Å². The van der Waals surface area contributed by atoms with E-state index in [0.717, 1.165) is 19.3 Å². The van der Waals surface area contributed by atoms with E-state index >= 15 is 0 Å². The van der Waals surface area contributed by atoms with E-state index in [0.29, 0.717) is 6.42 Å². The number of carbonyl (C=O) groups excluding carboxylic acids is 1. The quantitative estimate of drug-likeness (QED) is 0.293.